The highest BCUT2D eigenvalue weighted by Crippen LogP contribution is 2.47. The van der Waals surface area contributed by atoms with E-state index in [9.17, 15) is 0 Å². The number of furan rings is 2. The van der Waals surface area contributed by atoms with Crippen LogP contribution < -0.4 is 9.64 Å². The molecule has 0 aliphatic carbocycles. The lowest BCUT2D eigenvalue weighted by Gasteiger charge is -2.27. The van der Waals surface area contributed by atoms with Gasteiger partial charge in [0.2, 0.25) is 0 Å². The summed E-state index contributed by atoms with van der Waals surface area (Å²) in [6, 6.07) is 86.9. The van der Waals surface area contributed by atoms with Gasteiger partial charge in [-0.1, -0.05) is 152 Å². The molecule has 73 heavy (non-hydrogen) atoms. The number of fused-ring (bicyclic) bond motifs is 12. The second-order valence-corrected chi connectivity index (χ2v) is 19.0. The molecule has 0 amide bonds. The minimum atomic E-state index is 0.630. The van der Waals surface area contributed by atoms with Crippen LogP contribution in [-0.4, -0.2) is 11.2 Å². The number of benzene rings is 11. The maximum absolute atomic E-state index is 6.74. The van der Waals surface area contributed by atoms with E-state index in [-0.39, 0.29) is 0 Å². The van der Waals surface area contributed by atoms with Gasteiger partial charge in [0.1, 0.15) is 28.1 Å². The Morgan fingerprint density at radius 1 is 0.370 bits per heavy atom. The van der Waals surface area contributed by atoms with E-state index in [1.54, 1.807) is 0 Å². The zero-order valence-electron chi connectivity index (χ0n) is 39.6. The quantitative estimate of drug-likeness (QED) is 0.160. The van der Waals surface area contributed by atoms with Gasteiger partial charge in [0.25, 0.3) is 0 Å². The number of rotatable bonds is 7. The van der Waals surface area contributed by atoms with Gasteiger partial charge in [0, 0.05) is 61.5 Å². The molecular weight excluding hydrogens is 893 g/mol. The van der Waals surface area contributed by atoms with Crippen LogP contribution in [0.15, 0.2) is 251 Å². The van der Waals surface area contributed by atoms with Crippen LogP contribution >= 0.6 is 0 Å². The Labute approximate surface area is 421 Å². The summed E-state index contributed by atoms with van der Waals surface area (Å²) in [7, 11) is 0. The summed E-state index contributed by atoms with van der Waals surface area (Å²) in [5.74, 6) is 0.936. The van der Waals surface area contributed by atoms with Crippen LogP contribution in [0.2, 0.25) is 0 Å². The first kappa shape index (κ1) is 41.2. The SMILES string of the molecule is c1ccc(-n2c3ccccc3c3cc(-c4ccc5oc6cccc(N(c7ccc(-c8cccc9c8CCOc8ccccc8-9)cc7)c7ccc(-c8cccc9c8oc8ccccc89)cc7)c6c5c4)ccc32)cc1. The average molecular weight is 937 g/mol. The highest BCUT2D eigenvalue weighted by Gasteiger charge is 2.23. The monoisotopic (exact) mass is 936 g/mol. The van der Waals surface area contributed by atoms with Crippen molar-refractivity contribution in [2.75, 3.05) is 11.5 Å². The third kappa shape index (κ3) is 6.63. The molecule has 14 aromatic rings. The summed E-state index contributed by atoms with van der Waals surface area (Å²) in [6.07, 6.45) is 0.824. The highest BCUT2D eigenvalue weighted by atomic mass is 16.5. The summed E-state index contributed by atoms with van der Waals surface area (Å²) in [5.41, 5.74) is 20.5. The molecule has 344 valence electrons. The maximum Gasteiger partial charge on any atom is 0.143 e. The molecule has 0 spiro atoms. The van der Waals surface area contributed by atoms with Gasteiger partial charge in [0.05, 0.1) is 28.7 Å². The van der Waals surface area contributed by atoms with Crippen LogP contribution in [0.1, 0.15) is 5.56 Å². The van der Waals surface area contributed by atoms with Crippen LogP contribution in [0.25, 0.3) is 116 Å². The number of hydrogen-bond acceptors (Lipinski definition) is 4. The predicted octanol–water partition coefficient (Wildman–Crippen LogP) is 18.7. The van der Waals surface area contributed by atoms with Crippen LogP contribution in [0, 0.1) is 0 Å². The average Bonchev–Trinajstić information content (AvgIpc) is 4.10. The van der Waals surface area contributed by atoms with E-state index in [1.807, 2.05) is 18.2 Å². The third-order valence-corrected chi connectivity index (χ3v) is 15.0. The Morgan fingerprint density at radius 2 is 0.959 bits per heavy atom. The second kappa shape index (κ2) is 16.5. The minimum Gasteiger partial charge on any atom is -0.493 e. The van der Waals surface area contributed by atoms with Crippen molar-refractivity contribution in [2.24, 2.45) is 0 Å². The Kier molecular flexibility index (Phi) is 9.32. The fourth-order valence-electron chi connectivity index (χ4n) is 11.6. The van der Waals surface area contributed by atoms with E-state index in [0.717, 1.165) is 112 Å². The number of hydrogen-bond donors (Lipinski definition) is 0. The van der Waals surface area contributed by atoms with Crippen LogP contribution in [0.5, 0.6) is 5.75 Å². The van der Waals surface area contributed by atoms with Crippen molar-refractivity contribution in [2.45, 2.75) is 6.42 Å². The molecule has 0 unspecified atom stereocenters. The molecule has 0 atom stereocenters. The first-order chi connectivity index (χ1) is 36.2. The summed E-state index contributed by atoms with van der Waals surface area (Å²) < 4.78 is 21.9. The minimum absolute atomic E-state index is 0.630. The Balaban J connectivity index is 0.881. The van der Waals surface area contributed by atoms with Gasteiger partial charge in [-0.3, -0.25) is 0 Å². The molecule has 0 fully saturated rings. The lowest BCUT2D eigenvalue weighted by atomic mass is 9.90. The molecule has 0 radical (unpaired) electrons. The van der Waals surface area contributed by atoms with Crippen molar-refractivity contribution in [3.05, 3.63) is 248 Å². The Hall–Kier alpha value is -9.58. The smallest absolute Gasteiger partial charge is 0.143 e. The van der Waals surface area contributed by atoms with E-state index in [2.05, 4.69) is 234 Å². The van der Waals surface area contributed by atoms with Crippen molar-refractivity contribution in [1.29, 1.82) is 0 Å². The highest BCUT2D eigenvalue weighted by molar-refractivity contribution is 6.15. The first-order valence-electron chi connectivity index (χ1n) is 25.0. The molecule has 5 heteroatoms. The van der Waals surface area contributed by atoms with Gasteiger partial charge in [-0.05, 0) is 130 Å². The largest absolute Gasteiger partial charge is 0.493 e. The number of para-hydroxylation sites is 5. The van der Waals surface area contributed by atoms with Gasteiger partial charge in [-0.2, -0.15) is 0 Å². The molecule has 1 aliphatic heterocycles. The van der Waals surface area contributed by atoms with E-state index in [0.29, 0.717) is 6.61 Å². The summed E-state index contributed by atoms with van der Waals surface area (Å²) in [6.45, 7) is 0.630. The molecule has 4 heterocycles. The lowest BCUT2D eigenvalue weighted by Crippen LogP contribution is -2.10. The molecule has 0 saturated heterocycles. The number of nitrogens with zero attached hydrogens (tertiary/aromatic N) is 2. The summed E-state index contributed by atoms with van der Waals surface area (Å²) >= 11 is 0. The maximum atomic E-state index is 6.74. The van der Waals surface area contributed by atoms with E-state index in [1.165, 1.54) is 38.5 Å². The van der Waals surface area contributed by atoms with Crippen molar-refractivity contribution < 1.29 is 13.6 Å². The summed E-state index contributed by atoms with van der Waals surface area (Å²) in [4.78, 5) is 2.37. The van der Waals surface area contributed by atoms with E-state index in [4.69, 9.17) is 13.6 Å². The fraction of sp³-hybridized carbons (Fsp3) is 0.0294. The van der Waals surface area contributed by atoms with Gasteiger partial charge in [0.15, 0.2) is 0 Å². The van der Waals surface area contributed by atoms with Gasteiger partial charge in [-0.25, -0.2) is 0 Å². The van der Waals surface area contributed by atoms with Crippen LogP contribution in [-0.2, 0) is 6.42 Å². The second-order valence-electron chi connectivity index (χ2n) is 19.0. The Bertz CT molecular complexity index is 4460. The predicted molar refractivity (Wildman–Crippen MR) is 301 cm³/mol. The molecule has 1 aliphatic rings. The van der Waals surface area contributed by atoms with Crippen molar-refractivity contribution >= 4 is 82.7 Å². The van der Waals surface area contributed by atoms with Crippen LogP contribution in [0.3, 0.4) is 0 Å². The normalized spacial score (nSPS) is 12.4. The molecule has 15 rings (SSSR count). The van der Waals surface area contributed by atoms with E-state index < -0.39 is 0 Å². The molecule has 0 bridgehead atoms. The van der Waals surface area contributed by atoms with Crippen LogP contribution in [0.4, 0.5) is 17.1 Å². The van der Waals surface area contributed by atoms with Crippen molar-refractivity contribution in [3.8, 4) is 55.9 Å². The Morgan fingerprint density at radius 3 is 1.81 bits per heavy atom. The lowest BCUT2D eigenvalue weighted by molar-refractivity contribution is 0.326. The fourth-order valence-corrected chi connectivity index (χ4v) is 11.6. The molecule has 3 aromatic heterocycles. The zero-order valence-corrected chi connectivity index (χ0v) is 39.6. The molecule has 5 nitrogen and oxygen atoms in total. The van der Waals surface area contributed by atoms with Gasteiger partial charge in [-0.15, -0.1) is 0 Å². The third-order valence-electron chi connectivity index (χ3n) is 15.0. The topological polar surface area (TPSA) is 43.7 Å². The molecular formula is C68H44N2O3. The van der Waals surface area contributed by atoms with Crippen molar-refractivity contribution in [1.82, 2.24) is 4.57 Å². The number of ether oxygens (including phenoxy) is 1. The van der Waals surface area contributed by atoms with Crippen molar-refractivity contribution in [3.63, 3.8) is 0 Å². The molecule has 0 saturated carbocycles. The van der Waals surface area contributed by atoms with E-state index >= 15 is 0 Å². The molecule has 11 aromatic carbocycles. The number of aromatic nitrogens is 1. The van der Waals surface area contributed by atoms with Gasteiger partial charge < -0.3 is 23.0 Å². The zero-order chi connectivity index (χ0) is 48.0. The number of anilines is 3. The molecule has 0 N–H and O–H groups in total. The van der Waals surface area contributed by atoms with Gasteiger partial charge >= 0.3 is 0 Å². The summed E-state index contributed by atoms with van der Waals surface area (Å²) in [5, 5.41) is 6.78. The first-order valence-corrected chi connectivity index (χ1v) is 25.0. The standard InChI is InChI=1S/C68H44N2O3/c1-2-13-47(14-3-1)70-60-22-7-4-15-54(60)58-41-45(31-37-61(58)70)46-32-38-65-59(42-46)67-62(23-12-26-66(67)72-65)69(49-35-29-44(30-36-49)51-19-11-21-57-56-17-6-9-25-64(56)73-68(51)57)48-33-27-43(28-34-48)50-18-10-20-52-53(50)39-40-71-63-24-8-5-16-55(52)63/h1-38,41-42H,39-40H2.